The van der Waals surface area contributed by atoms with Crippen molar-refractivity contribution in [3.63, 3.8) is 0 Å². The number of carbonyl (C=O) groups is 2. The third-order valence-corrected chi connectivity index (χ3v) is 3.82. The minimum atomic E-state index is -1.26. The van der Waals surface area contributed by atoms with Crippen LogP contribution in [-0.4, -0.2) is 35.3 Å². The van der Waals surface area contributed by atoms with Crippen molar-refractivity contribution in [1.82, 2.24) is 10.2 Å². The van der Waals surface area contributed by atoms with Gasteiger partial charge in [-0.25, -0.2) is 0 Å². The molecule has 0 aliphatic rings. The smallest absolute Gasteiger partial charge is 0.327 e. The Labute approximate surface area is 136 Å². The molecule has 0 unspecified atom stereocenters. The molecule has 0 aliphatic carbocycles. The van der Waals surface area contributed by atoms with E-state index in [1.807, 2.05) is 0 Å². The normalized spacial score (nSPS) is 10.6. The molecule has 2 heterocycles. The van der Waals surface area contributed by atoms with Crippen LogP contribution in [0.25, 0.3) is 10.6 Å². The van der Waals surface area contributed by atoms with Gasteiger partial charge < -0.3 is 14.7 Å². The van der Waals surface area contributed by atoms with E-state index >= 15 is 0 Å². The van der Waals surface area contributed by atoms with Crippen LogP contribution in [0.15, 0.2) is 24.5 Å². The summed E-state index contributed by atoms with van der Waals surface area (Å²) in [5, 5.41) is 19.6. The lowest BCUT2D eigenvalue weighted by atomic mass is 10.1. The number of esters is 2. The number of hydrogen-bond donors (Lipinski definition) is 0. The van der Waals surface area contributed by atoms with E-state index < -0.39 is 17.9 Å². The van der Waals surface area contributed by atoms with Crippen LogP contribution in [0, 0.1) is 5.21 Å². The Morgan fingerprint density at radius 2 is 1.74 bits per heavy atom. The van der Waals surface area contributed by atoms with Gasteiger partial charge in [-0.1, -0.05) is 11.3 Å². The molecule has 0 atom stereocenters. The molecule has 0 aliphatic heterocycles. The van der Waals surface area contributed by atoms with Gasteiger partial charge in [0.15, 0.2) is 12.4 Å². The average molecular weight is 337 g/mol. The number of nitrogens with zero attached hydrogens (tertiary/aromatic N) is 3. The molecule has 0 N–H and O–H groups in total. The van der Waals surface area contributed by atoms with E-state index in [1.54, 1.807) is 26.0 Å². The molecule has 8 nitrogen and oxygen atoms in total. The molecule has 0 saturated carbocycles. The van der Waals surface area contributed by atoms with Gasteiger partial charge in [-0.3, -0.25) is 9.59 Å². The predicted molar refractivity (Wildman–Crippen MR) is 80.3 cm³/mol. The second-order valence-electron chi connectivity index (χ2n) is 4.33. The SMILES string of the molecule is CCOC(=O)C(C(=O)OCC)c1nnc(-c2cc[n+]([O-])cc2)s1. The van der Waals surface area contributed by atoms with Gasteiger partial charge >= 0.3 is 11.9 Å². The first-order chi connectivity index (χ1) is 11.1. The molecule has 122 valence electrons. The van der Waals surface area contributed by atoms with Crippen molar-refractivity contribution in [1.29, 1.82) is 0 Å². The zero-order chi connectivity index (χ0) is 16.8. The van der Waals surface area contributed by atoms with Crippen molar-refractivity contribution >= 4 is 23.3 Å². The Bertz CT molecular complexity index is 668. The van der Waals surface area contributed by atoms with Gasteiger partial charge in [-0.05, 0) is 13.8 Å². The third-order valence-electron chi connectivity index (χ3n) is 2.78. The summed E-state index contributed by atoms with van der Waals surface area (Å²) in [6.07, 6.45) is 2.65. The standard InChI is InChI=1S/C14H15N3O5S/c1-3-21-13(18)10(14(19)22-4-2)12-16-15-11(23-12)9-5-7-17(20)8-6-9/h5-8,10H,3-4H2,1-2H3. The minimum Gasteiger partial charge on any atom is -0.619 e. The second-order valence-corrected chi connectivity index (χ2v) is 5.34. The first kappa shape index (κ1) is 16.8. The zero-order valence-corrected chi connectivity index (χ0v) is 13.4. The van der Waals surface area contributed by atoms with Crippen LogP contribution < -0.4 is 4.73 Å². The van der Waals surface area contributed by atoms with E-state index in [0.29, 0.717) is 15.3 Å². The molecule has 2 rings (SSSR count). The van der Waals surface area contributed by atoms with Crippen LogP contribution >= 0.6 is 11.3 Å². The van der Waals surface area contributed by atoms with Crippen LogP contribution in [-0.2, 0) is 19.1 Å². The summed E-state index contributed by atoms with van der Waals surface area (Å²) >= 11 is 1.07. The zero-order valence-electron chi connectivity index (χ0n) is 12.6. The molecule has 2 aromatic rings. The number of hydrogen-bond acceptors (Lipinski definition) is 8. The summed E-state index contributed by atoms with van der Waals surface area (Å²) in [4.78, 5) is 24.0. The molecular formula is C14H15N3O5S. The van der Waals surface area contributed by atoms with Crippen LogP contribution in [0.1, 0.15) is 24.8 Å². The van der Waals surface area contributed by atoms with Gasteiger partial charge in [-0.15, -0.1) is 10.2 Å². The molecule has 0 bridgehead atoms. The van der Waals surface area contributed by atoms with Crippen molar-refractivity contribution in [3.05, 3.63) is 34.7 Å². The maximum absolute atomic E-state index is 12.0. The number of pyridine rings is 1. The Morgan fingerprint density at radius 3 is 2.26 bits per heavy atom. The molecule has 2 aromatic heterocycles. The van der Waals surface area contributed by atoms with E-state index in [4.69, 9.17) is 9.47 Å². The van der Waals surface area contributed by atoms with Gasteiger partial charge in [0.2, 0.25) is 5.92 Å². The van der Waals surface area contributed by atoms with Crippen molar-refractivity contribution in [3.8, 4) is 10.6 Å². The van der Waals surface area contributed by atoms with Gasteiger partial charge in [-0.2, -0.15) is 4.73 Å². The van der Waals surface area contributed by atoms with Crippen molar-refractivity contribution < 1.29 is 23.8 Å². The quantitative estimate of drug-likeness (QED) is 0.336. The molecule has 0 fully saturated rings. The largest absolute Gasteiger partial charge is 0.619 e. The molecule has 0 radical (unpaired) electrons. The van der Waals surface area contributed by atoms with Crippen LogP contribution in [0.3, 0.4) is 0 Å². The lowest BCUT2D eigenvalue weighted by Gasteiger charge is -2.11. The molecule has 0 spiro atoms. The Balaban J connectivity index is 2.30. The Hall–Kier alpha value is -2.55. The maximum atomic E-state index is 12.0. The fourth-order valence-corrected chi connectivity index (χ4v) is 2.70. The Morgan fingerprint density at radius 1 is 1.17 bits per heavy atom. The summed E-state index contributed by atoms with van der Waals surface area (Å²) in [6.45, 7) is 3.58. The minimum absolute atomic E-state index is 0.141. The highest BCUT2D eigenvalue weighted by atomic mass is 32.1. The lowest BCUT2D eigenvalue weighted by molar-refractivity contribution is -0.605. The summed E-state index contributed by atoms with van der Waals surface area (Å²) in [5.41, 5.74) is 0.660. The predicted octanol–water partition coefficient (Wildman–Crippen LogP) is 1.05. The number of rotatable bonds is 6. The molecule has 0 aromatic carbocycles. The Kier molecular flexibility index (Phi) is 5.58. The van der Waals surface area contributed by atoms with Crippen LogP contribution in [0.2, 0.25) is 0 Å². The fraction of sp³-hybridized carbons (Fsp3) is 0.357. The summed E-state index contributed by atoms with van der Waals surface area (Å²) in [5.74, 6) is -2.70. The summed E-state index contributed by atoms with van der Waals surface area (Å²) < 4.78 is 10.5. The van der Waals surface area contributed by atoms with Crippen molar-refractivity contribution in [2.75, 3.05) is 13.2 Å². The molecule has 9 heteroatoms. The number of carbonyl (C=O) groups excluding carboxylic acids is 2. The first-order valence-corrected chi connectivity index (χ1v) is 7.74. The van der Waals surface area contributed by atoms with Gasteiger partial charge in [0, 0.05) is 17.7 Å². The van der Waals surface area contributed by atoms with E-state index in [-0.39, 0.29) is 18.2 Å². The van der Waals surface area contributed by atoms with Gasteiger partial charge in [0.25, 0.3) is 0 Å². The monoisotopic (exact) mass is 337 g/mol. The lowest BCUT2D eigenvalue weighted by Crippen LogP contribution is -2.26. The van der Waals surface area contributed by atoms with Crippen molar-refractivity contribution in [2.24, 2.45) is 0 Å². The maximum Gasteiger partial charge on any atom is 0.327 e. The first-order valence-electron chi connectivity index (χ1n) is 6.92. The molecule has 0 amide bonds. The molecule has 0 saturated heterocycles. The molecular weight excluding hydrogens is 322 g/mol. The average Bonchev–Trinajstić information content (AvgIpc) is 2.98. The second kappa shape index (κ2) is 7.63. The number of aromatic nitrogens is 3. The highest BCUT2D eigenvalue weighted by Crippen LogP contribution is 2.28. The summed E-state index contributed by atoms with van der Waals surface area (Å²) in [7, 11) is 0. The topological polar surface area (TPSA) is 105 Å². The molecule has 23 heavy (non-hydrogen) atoms. The van der Waals surface area contributed by atoms with Crippen LogP contribution in [0.5, 0.6) is 0 Å². The highest BCUT2D eigenvalue weighted by molar-refractivity contribution is 7.15. The van der Waals surface area contributed by atoms with Gasteiger partial charge in [0.05, 0.1) is 13.2 Å². The van der Waals surface area contributed by atoms with E-state index in [1.165, 1.54) is 12.4 Å². The number of ether oxygens (including phenoxy) is 2. The van der Waals surface area contributed by atoms with E-state index in [0.717, 1.165) is 11.3 Å². The summed E-state index contributed by atoms with van der Waals surface area (Å²) in [6, 6.07) is 3.14. The van der Waals surface area contributed by atoms with Gasteiger partial charge in [0.1, 0.15) is 10.0 Å². The van der Waals surface area contributed by atoms with Crippen molar-refractivity contribution in [2.45, 2.75) is 19.8 Å². The van der Waals surface area contributed by atoms with Crippen LogP contribution in [0.4, 0.5) is 0 Å². The highest BCUT2D eigenvalue weighted by Gasteiger charge is 2.35. The van der Waals surface area contributed by atoms with E-state index in [9.17, 15) is 14.8 Å². The van der Waals surface area contributed by atoms with E-state index in [2.05, 4.69) is 10.2 Å². The third kappa shape index (κ3) is 4.01. The fourth-order valence-electron chi connectivity index (χ4n) is 1.77.